The van der Waals surface area contributed by atoms with Crippen molar-refractivity contribution in [1.82, 2.24) is 15.2 Å². The molecule has 0 unspecified atom stereocenters. The Hall–Kier alpha value is -0.930. The molecule has 1 aromatic rings. The molecule has 1 aliphatic carbocycles. The molecule has 0 spiro atoms. The lowest BCUT2D eigenvalue weighted by Gasteiger charge is -2.30. The second kappa shape index (κ2) is 8.50. The molecular weight excluding hydrogens is 258 g/mol. The minimum Gasteiger partial charge on any atom is -0.311 e. The smallest absolute Gasteiger partial charge is 0.0547 e. The van der Waals surface area contributed by atoms with E-state index in [4.69, 9.17) is 4.98 Å². The highest BCUT2D eigenvalue weighted by atomic mass is 15.1. The van der Waals surface area contributed by atoms with Crippen LogP contribution in [0.1, 0.15) is 57.3 Å². The quantitative estimate of drug-likeness (QED) is 0.831. The molecule has 0 saturated heterocycles. The van der Waals surface area contributed by atoms with Crippen molar-refractivity contribution in [2.75, 3.05) is 13.6 Å². The normalized spacial score (nSPS) is 16.8. The first-order chi connectivity index (χ1) is 10.1. The first kappa shape index (κ1) is 16.4. The van der Waals surface area contributed by atoms with E-state index in [1.54, 1.807) is 0 Å². The third-order valence-electron chi connectivity index (χ3n) is 4.33. The second-order valence-electron chi connectivity index (χ2n) is 6.85. The van der Waals surface area contributed by atoms with Crippen molar-refractivity contribution >= 4 is 0 Å². The first-order valence-electron chi connectivity index (χ1n) is 8.51. The van der Waals surface area contributed by atoms with Gasteiger partial charge < -0.3 is 5.32 Å². The molecule has 21 heavy (non-hydrogen) atoms. The number of hydrogen-bond donors (Lipinski definition) is 1. The zero-order chi connectivity index (χ0) is 15.1. The Morgan fingerprint density at radius 2 is 1.90 bits per heavy atom. The highest BCUT2D eigenvalue weighted by Gasteiger charge is 2.18. The van der Waals surface area contributed by atoms with Gasteiger partial charge in [0.15, 0.2) is 0 Å². The Morgan fingerprint density at radius 3 is 2.62 bits per heavy atom. The Morgan fingerprint density at radius 1 is 1.19 bits per heavy atom. The van der Waals surface area contributed by atoms with Crippen LogP contribution in [0.15, 0.2) is 18.2 Å². The summed E-state index contributed by atoms with van der Waals surface area (Å²) in [4.78, 5) is 7.29. The van der Waals surface area contributed by atoms with Crippen LogP contribution in [0.5, 0.6) is 0 Å². The van der Waals surface area contributed by atoms with Crippen molar-refractivity contribution in [3.8, 4) is 0 Å². The fourth-order valence-corrected chi connectivity index (χ4v) is 3.11. The highest BCUT2D eigenvalue weighted by molar-refractivity contribution is 5.11. The van der Waals surface area contributed by atoms with E-state index in [0.717, 1.165) is 31.4 Å². The van der Waals surface area contributed by atoms with E-state index in [1.807, 2.05) is 0 Å². The maximum Gasteiger partial charge on any atom is 0.0547 e. The lowest BCUT2D eigenvalue weighted by atomic mass is 9.94. The number of pyridine rings is 1. The largest absolute Gasteiger partial charge is 0.311 e. The van der Waals surface area contributed by atoms with Gasteiger partial charge in [-0.3, -0.25) is 9.88 Å². The summed E-state index contributed by atoms with van der Waals surface area (Å²) in [5.74, 6) is 0.686. The van der Waals surface area contributed by atoms with Gasteiger partial charge in [-0.1, -0.05) is 39.2 Å². The summed E-state index contributed by atoms with van der Waals surface area (Å²) < 4.78 is 0. The minimum atomic E-state index is 0.686. The fraction of sp³-hybridized carbons (Fsp3) is 0.722. The molecule has 2 rings (SSSR count). The Kier molecular flexibility index (Phi) is 6.65. The maximum atomic E-state index is 4.80. The summed E-state index contributed by atoms with van der Waals surface area (Å²) in [5, 5.41) is 3.47. The summed E-state index contributed by atoms with van der Waals surface area (Å²) in [6.45, 7) is 7.36. The summed E-state index contributed by atoms with van der Waals surface area (Å²) in [6.07, 6.45) is 6.90. The zero-order valence-electron chi connectivity index (χ0n) is 13.9. The highest BCUT2D eigenvalue weighted by Crippen LogP contribution is 2.22. The third kappa shape index (κ3) is 5.76. The summed E-state index contributed by atoms with van der Waals surface area (Å²) in [6, 6.07) is 7.18. The molecule has 0 amide bonds. The van der Waals surface area contributed by atoms with Gasteiger partial charge in [-0.25, -0.2) is 0 Å². The van der Waals surface area contributed by atoms with Crippen LogP contribution in [0.25, 0.3) is 0 Å². The van der Waals surface area contributed by atoms with Crippen LogP contribution in [-0.2, 0) is 13.1 Å². The van der Waals surface area contributed by atoms with Gasteiger partial charge in [0.1, 0.15) is 0 Å². The monoisotopic (exact) mass is 289 g/mol. The van der Waals surface area contributed by atoms with Gasteiger partial charge in [-0.05, 0) is 44.5 Å². The fourth-order valence-electron chi connectivity index (χ4n) is 3.11. The van der Waals surface area contributed by atoms with Crippen molar-refractivity contribution in [3.63, 3.8) is 0 Å². The van der Waals surface area contributed by atoms with E-state index in [9.17, 15) is 0 Å². The number of aromatic nitrogens is 1. The van der Waals surface area contributed by atoms with Crippen LogP contribution in [-0.4, -0.2) is 29.5 Å². The number of nitrogens with one attached hydrogen (secondary N) is 1. The van der Waals surface area contributed by atoms with Gasteiger partial charge in [-0.2, -0.15) is 0 Å². The molecule has 1 aromatic heterocycles. The van der Waals surface area contributed by atoms with Crippen LogP contribution < -0.4 is 5.32 Å². The average Bonchev–Trinajstić information content (AvgIpc) is 2.48. The van der Waals surface area contributed by atoms with E-state index >= 15 is 0 Å². The van der Waals surface area contributed by atoms with Crippen LogP contribution in [0, 0.1) is 5.92 Å². The standard InChI is InChI=1S/C18H31N3/c1-15(2)12-19-13-16-8-7-9-17(20-16)14-21(3)18-10-5-4-6-11-18/h7-9,15,18-19H,4-6,10-14H2,1-3H3. The van der Waals surface area contributed by atoms with Crippen molar-refractivity contribution in [2.45, 2.75) is 65.1 Å². The molecule has 118 valence electrons. The Balaban J connectivity index is 1.84. The van der Waals surface area contributed by atoms with E-state index in [0.29, 0.717) is 5.92 Å². The van der Waals surface area contributed by atoms with Crippen LogP contribution >= 0.6 is 0 Å². The lowest BCUT2D eigenvalue weighted by Crippen LogP contribution is -2.33. The second-order valence-corrected chi connectivity index (χ2v) is 6.85. The first-order valence-corrected chi connectivity index (χ1v) is 8.51. The summed E-state index contributed by atoms with van der Waals surface area (Å²) in [7, 11) is 2.25. The van der Waals surface area contributed by atoms with Gasteiger partial charge in [0, 0.05) is 19.1 Å². The molecule has 3 heteroatoms. The molecule has 1 N–H and O–H groups in total. The molecule has 3 nitrogen and oxygen atoms in total. The van der Waals surface area contributed by atoms with E-state index in [2.05, 4.69) is 49.3 Å². The topological polar surface area (TPSA) is 28.2 Å². The molecule has 0 bridgehead atoms. The molecule has 0 radical (unpaired) electrons. The molecular formula is C18H31N3. The SMILES string of the molecule is CC(C)CNCc1cccc(CN(C)C2CCCCC2)n1. The lowest BCUT2D eigenvalue weighted by molar-refractivity contribution is 0.182. The molecule has 0 aromatic carbocycles. The van der Waals surface area contributed by atoms with Gasteiger partial charge in [0.05, 0.1) is 11.4 Å². The average molecular weight is 289 g/mol. The van der Waals surface area contributed by atoms with Gasteiger partial charge >= 0.3 is 0 Å². The van der Waals surface area contributed by atoms with Crippen LogP contribution in [0.2, 0.25) is 0 Å². The number of hydrogen-bond acceptors (Lipinski definition) is 3. The zero-order valence-corrected chi connectivity index (χ0v) is 13.9. The van der Waals surface area contributed by atoms with Crippen molar-refractivity contribution < 1.29 is 0 Å². The van der Waals surface area contributed by atoms with Crippen molar-refractivity contribution in [1.29, 1.82) is 0 Å². The van der Waals surface area contributed by atoms with Crippen LogP contribution in [0.4, 0.5) is 0 Å². The Labute approximate surface area is 130 Å². The predicted molar refractivity (Wildman–Crippen MR) is 89.1 cm³/mol. The molecule has 1 saturated carbocycles. The predicted octanol–water partition coefficient (Wildman–Crippen LogP) is 3.59. The molecule has 0 aliphatic heterocycles. The third-order valence-corrected chi connectivity index (χ3v) is 4.33. The van der Waals surface area contributed by atoms with Crippen molar-refractivity contribution in [2.24, 2.45) is 5.92 Å². The van der Waals surface area contributed by atoms with Gasteiger partial charge in [-0.15, -0.1) is 0 Å². The van der Waals surface area contributed by atoms with Gasteiger partial charge in [0.2, 0.25) is 0 Å². The molecule has 1 aliphatic rings. The molecule has 1 fully saturated rings. The van der Waals surface area contributed by atoms with Crippen LogP contribution in [0.3, 0.4) is 0 Å². The maximum absolute atomic E-state index is 4.80. The molecule has 0 atom stereocenters. The van der Waals surface area contributed by atoms with E-state index < -0.39 is 0 Å². The van der Waals surface area contributed by atoms with E-state index in [1.165, 1.54) is 37.8 Å². The minimum absolute atomic E-state index is 0.686. The number of rotatable bonds is 7. The van der Waals surface area contributed by atoms with Crippen molar-refractivity contribution in [3.05, 3.63) is 29.6 Å². The van der Waals surface area contributed by atoms with Gasteiger partial charge in [0.25, 0.3) is 0 Å². The Bertz CT molecular complexity index is 411. The molecule has 1 heterocycles. The summed E-state index contributed by atoms with van der Waals surface area (Å²) in [5.41, 5.74) is 2.36. The van der Waals surface area contributed by atoms with E-state index in [-0.39, 0.29) is 0 Å². The summed E-state index contributed by atoms with van der Waals surface area (Å²) >= 11 is 0. The number of nitrogens with zero attached hydrogens (tertiary/aromatic N) is 2.